The molecule has 0 aliphatic rings. The molecule has 1 aromatic carbocycles. The van der Waals surface area contributed by atoms with Crippen LogP contribution in [0.4, 0.5) is 10.2 Å². The van der Waals surface area contributed by atoms with E-state index in [2.05, 4.69) is 15.4 Å². The third-order valence-corrected chi connectivity index (χ3v) is 3.63. The molecule has 0 unspecified atom stereocenters. The second-order valence-corrected chi connectivity index (χ2v) is 5.85. The summed E-state index contributed by atoms with van der Waals surface area (Å²) in [4.78, 5) is 16.4. The molecule has 0 bridgehead atoms. The monoisotopic (exact) mass is 364 g/mol. The Morgan fingerprint density at radius 1 is 1.25 bits per heavy atom. The first kappa shape index (κ1) is 16.4. The van der Waals surface area contributed by atoms with Crippen LogP contribution in [0.3, 0.4) is 0 Å². The van der Waals surface area contributed by atoms with Gasteiger partial charge in [-0.1, -0.05) is 29.3 Å². The predicted octanol–water partition coefficient (Wildman–Crippen LogP) is 4.27. The minimum Gasteiger partial charge on any atom is -0.306 e. The summed E-state index contributed by atoms with van der Waals surface area (Å²) in [6, 6.07) is 8.58. The average molecular weight is 365 g/mol. The van der Waals surface area contributed by atoms with Gasteiger partial charge in [-0.25, -0.2) is 9.37 Å². The first-order valence-electron chi connectivity index (χ1n) is 6.89. The van der Waals surface area contributed by atoms with E-state index in [1.165, 1.54) is 35.1 Å². The topological polar surface area (TPSA) is 59.8 Å². The van der Waals surface area contributed by atoms with Crippen LogP contribution >= 0.6 is 23.2 Å². The summed E-state index contributed by atoms with van der Waals surface area (Å²) in [5, 5.41) is 7.62. The van der Waals surface area contributed by atoms with Crippen LogP contribution in [0, 0.1) is 12.7 Å². The van der Waals surface area contributed by atoms with Crippen molar-refractivity contribution in [2.45, 2.75) is 6.92 Å². The van der Waals surface area contributed by atoms with E-state index >= 15 is 0 Å². The fourth-order valence-electron chi connectivity index (χ4n) is 2.13. The van der Waals surface area contributed by atoms with Crippen LogP contribution in [0.15, 0.2) is 42.6 Å². The third-order valence-electron chi connectivity index (χ3n) is 3.15. The van der Waals surface area contributed by atoms with Crippen molar-refractivity contribution >= 4 is 34.9 Å². The molecular formula is C16H11Cl2FN4O. The summed E-state index contributed by atoms with van der Waals surface area (Å²) in [5.41, 5.74) is 0.841. The molecule has 0 fully saturated rings. The molecule has 0 saturated carbocycles. The number of pyridine rings is 1. The number of hydrogen-bond donors (Lipinski definition) is 1. The number of anilines is 1. The van der Waals surface area contributed by atoms with Crippen molar-refractivity contribution in [1.82, 2.24) is 14.8 Å². The molecule has 122 valence electrons. The number of amides is 1. The molecule has 0 radical (unpaired) electrons. The second-order valence-electron chi connectivity index (χ2n) is 5.01. The quantitative estimate of drug-likeness (QED) is 0.754. The second kappa shape index (κ2) is 6.59. The highest BCUT2D eigenvalue weighted by Gasteiger charge is 2.16. The van der Waals surface area contributed by atoms with Gasteiger partial charge in [0.15, 0.2) is 5.82 Å². The zero-order chi connectivity index (χ0) is 17.3. The van der Waals surface area contributed by atoms with Crippen molar-refractivity contribution in [2.24, 2.45) is 0 Å². The number of benzene rings is 1. The summed E-state index contributed by atoms with van der Waals surface area (Å²) in [6.07, 6.45) is 1.43. The molecular weight excluding hydrogens is 354 g/mol. The van der Waals surface area contributed by atoms with E-state index in [4.69, 9.17) is 23.2 Å². The molecule has 1 amide bonds. The zero-order valence-corrected chi connectivity index (χ0v) is 13.9. The lowest BCUT2D eigenvalue weighted by molar-refractivity contribution is 0.102. The van der Waals surface area contributed by atoms with Gasteiger partial charge >= 0.3 is 0 Å². The maximum Gasteiger partial charge on any atom is 0.256 e. The van der Waals surface area contributed by atoms with Crippen LogP contribution in [0.5, 0.6) is 0 Å². The van der Waals surface area contributed by atoms with Gasteiger partial charge in [-0.15, -0.1) is 0 Å². The van der Waals surface area contributed by atoms with Crippen molar-refractivity contribution in [3.63, 3.8) is 0 Å². The number of aromatic nitrogens is 3. The summed E-state index contributed by atoms with van der Waals surface area (Å²) in [7, 11) is 0. The molecule has 24 heavy (non-hydrogen) atoms. The molecule has 8 heteroatoms. The molecule has 2 aromatic heterocycles. The van der Waals surface area contributed by atoms with Gasteiger partial charge in [-0.3, -0.25) is 4.79 Å². The highest BCUT2D eigenvalue weighted by atomic mass is 35.5. The van der Waals surface area contributed by atoms with E-state index in [9.17, 15) is 9.18 Å². The van der Waals surface area contributed by atoms with Crippen LogP contribution < -0.4 is 5.32 Å². The molecule has 5 nitrogen and oxygen atoms in total. The molecule has 2 heterocycles. The van der Waals surface area contributed by atoms with E-state index < -0.39 is 11.7 Å². The molecule has 1 N–H and O–H groups in total. The van der Waals surface area contributed by atoms with Crippen molar-refractivity contribution in [3.8, 4) is 5.82 Å². The third kappa shape index (κ3) is 3.39. The summed E-state index contributed by atoms with van der Waals surface area (Å²) in [5.74, 6) is -0.280. The van der Waals surface area contributed by atoms with E-state index in [0.717, 1.165) is 6.07 Å². The van der Waals surface area contributed by atoms with Crippen LogP contribution in [0.25, 0.3) is 5.82 Å². The van der Waals surface area contributed by atoms with Crippen LogP contribution in [-0.2, 0) is 0 Å². The first-order valence-corrected chi connectivity index (χ1v) is 7.64. The van der Waals surface area contributed by atoms with Gasteiger partial charge in [0.05, 0.1) is 15.7 Å². The Morgan fingerprint density at radius 2 is 2.04 bits per heavy atom. The maximum absolute atomic E-state index is 13.3. The molecule has 0 saturated heterocycles. The van der Waals surface area contributed by atoms with Crippen LogP contribution in [0.1, 0.15) is 16.1 Å². The Labute approximate surface area is 147 Å². The summed E-state index contributed by atoms with van der Waals surface area (Å²) < 4.78 is 14.7. The summed E-state index contributed by atoms with van der Waals surface area (Å²) >= 11 is 12.0. The van der Waals surface area contributed by atoms with Crippen molar-refractivity contribution in [2.75, 3.05) is 5.32 Å². The number of nitrogens with zero attached hydrogens (tertiary/aromatic N) is 3. The largest absolute Gasteiger partial charge is 0.306 e. The van der Waals surface area contributed by atoms with Crippen molar-refractivity contribution in [3.05, 3.63) is 69.7 Å². The number of nitrogens with one attached hydrogen (secondary N) is 1. The Kier molecular flexibility index (Phi) is 4.51. The fourth-order valence-corrected chi connectivity index (χ4v) is 2.59. The number of hydrogen-bond acceptors (Lipinski definition) is 3. The smallest absolute Gasteiger partial charge is 0.256 e. The Balaban J connectivity index is 1.96. The highest BCUT2D eigenvalue weighted by molar-refractivity contribution is 6.35. The highest BCUT2D eigenvalue weighted by Crippen LogP contribution is 2.25. The normalized spacial score (nSPS) is 10.7. The molecule has 0 aliphatic heterocycles. The number of rotatable bonds is 3. The van der Waals surface area contributed by atoms with Gasteiger partial charge in [0.2, 0.25) is 0 Å². The van der Waals surface area contributed by atoms with Gasteiger partial charge in [-0.2, -0.15) is 9.78 Å². The fraction of sp³-hybridized carbons (Fsp3) is 0.0625. The number of halogens is 3. The Bertz CT molecular complexity index is 926. The number of carbonyl (C=O) groups is 1. The van der Waals surface area contributed by atoms with Gasteiger partial charge < -0.3 is 5.32 Å². The molecule has 0 aliphatic carbocycles. The minimum absolute atomic E-state index is 0.190. The van der Waals surface area contributed by atoms with E-state index in [1.807, 2.05) is 0 Å². The predicted molar refractivity (Wildman–Crippen MR) is 90.5 cm³/mol. The first-order chi connectivity index (χ1) is 11.4. The van der Waals surface area contributed by atoms with Crippen molar-refractivity contribution < 1.29 is 9.18 Å². The van der Waals surface area contributed by atoms with Gasteiger partial charge in [-0.05, 0) is 31.2 Å². The standard InChI is InChI=1S/C16H11Cl2FN4O/c1-9-5-14(21-16(24)10-3-2-4-12(19)6-10)23(22-9)15-13(18)7-11(17)8-20-15/h2-8H,1H3,(H,21,24). The number of aryl methyl sites for hydroxylation is 1. The molecule has 0 spiro atoms. The lowest BCUT2D eigenvalue weighted by atomic mass is 10.2. The van der Waals surface area contributed by atoms with E-state index in [-0.39, 0.29) is 10.6 Å². The molecule has 3 aromatic rings. The SMILES string of the molecule is Cc1cc(NC(=O)c2cccc(F)c2)n(-c2ncc(Cl)cc2Cl)n1. The van der Waals surface area contributed by atoms with Crippen LogP contribution in [0.2, 0.25) is 10.0 Å². The lowest BCUT2D eigenvalue weighted by Gasteiger charge is -2.09. The summed E-state index contributed by atoms with van der Waals surface area (Å²) in [6.45, 7) is 1.76. The Morgan fingerprint density at radius 3 is 2.75 bits per heavy atom. The Hall–Kier alpha value is -2.44. The number of carbonyl (C=O) groups excluding carboxylic acids is 1. The lowest BCUT2D eigenvalue weighted by Crippen LogP contribution is -2.16. The van der Waals surface area contributed by atoms with E-state index in [1.54, 1.807) is 13.0 Å². The molecule has 3 rings (SSSR count). The average Bonchev–Trinajstić information content (AvgIpc) is 2.87. The zero-order valence-electron chi connectivity index (χ0n) is 12.4. The van der Waals surface area contributed by atoms with Crippen LogP contribution in [-0.4, -0.2) is 20.7 Å². The van der Waals surface area contributed by atoms with Gasteiger partial charge in [0.1, 0.15) is 11.6 Å². The maximum atomic E-state index is 13.3. The van der Waals surface area contributed by atoms with Gasteiger partial charge in [0, 0.05) is 17.8 Å². The van der Waals surface area contributed by atoms with E-state index in [0.29, 0.717) is 22.4 Å². The van der Waals surface area contributed by atoms with Crippen molar-refractivity contribution in [1.29, 1.82) is 0 Å². The minimum atomic E-state index is -0.491. The molecule has 0 atom stereocenters. The van der Waals surface area contributed by atoms with Gasteiger partial charge in [0.25, 0.3) is 5.91 Å².